The van der Waals surface area contributed by atoms with Crippen LogP contribution in [0.15, 0.2) is 0 Å². The summed E-state index contributed by atoms with van der Waals surface area (Å²) in [5.41, 5.74) is -0.120. The van der Waals surface area contributed by atoms with Gasteiger partial charge in [-0.05, 0) is 43.9 Å². The van der Waals surface area contributed by atoms with Gasteiger partial charge in [-0.3, -0.25) is 10.1 Å². The number of unbranched alkanes of at least 4 members (excludes halogenated alkanes) is 1. The van der Waals surface area contributed by atoms with Crippen molar-refractivity contribution in [3.63, 3.8) is 0 Å². The van der Waals surface area contributed by atoms with Crippen molar-refractivity contribution in [2.75, 3.05) is 6.54 Å². The largest absolute Gasteiger partial charge is 0.325 e. The molecule has 0 aromatic heterocycles. The minimum Gasteiger partial charge on any atom is -0.325 e. The first-order chi connectivity index (χ1) is 9.62. The van der Waals surface area contributed by atoms with E-state index >= 15 is 0 Å². The minimum atomic E-state index is -0.120. The van der Waals surface area contributed by atoms with E-state index in [0.29, 0.717) is 18.0 Å². The van der Waals surface area contributed by atoms with Crippen LogP contribution in [-0.4, -0.2) is 29.1 Å². The molecule has 3 fully saturated rings. The molecule has 114 valence electrons. The van der Waals surface area contributed by atoms with Crippen LogP contribution >= 0.6 is 0 Å². The third-order valence-corrected chi connectivity index (χ3v) is 5.46. The molecule has 0 bridgehead atoms. The minimum absolute atomic E-state index is 0.120. The van der Waals surface area contributed by atoms with Gasteiger partial charge >= 0.3 is 0 Å². The highest BCUT2D eigenvalue weighted by molar-refractivity contribution is 5.91. The van der Waals surface area contributed by atoms with E-state index in [4.69, 9.17) is 0 Å². The van der Waals surface area contributed by atoms with Gasteiger partial charge in [-0.15, -0.1) is 0 Å². The highest BCUT2D eigenvalue weighted by Crippen LogP contribution is 2.45. The Kier molecular flexibility index (Phi) is 4.07. The van der Waals surface area contributed by atoms with E-state index in [2.05, 4.69) is 24.1 Å². The van der Waals surface area contributed by atoms with E-state index in [1.807, 2.05) is 0 Å². The van der Waals surface area contributed by atoms with Crippen molar-refractivity contribution in [3.8, 4) is 0 Å². The molecule has 1 unspecified atom stereocenters. The van der Waals surface area contributed by atoms with Crippen molar-refractivity contribution in [1.29, 1.82) is 0 Å². The number of rotatable bonds is 6. The molecule has 3 aliphatic rings. The topological polar surface area (TPSA) is 32.3 Å². The number of hydrogen-bond donors (Lipinski definition) is 1. The fourth-order valence-electron chi connectivity index (χ4n) is 4.03. The molecule has 2 saturated carbocycles. The van der Waals surface area contributed by atoms with E-state index < -0.39 is 0 Å². The molecule has 1 spiro atoms. The highest BCUT2D eigenvalue weighted by atomic mass is 16.2. The van der Waals surface area contributed by atoms with Gasteiger partial charge in [0, 0.05) is 6.54 Å². The van der Waals surface area contributed by atoms with Crippen LogP contribution in [0, 0.1) is 11.8 Å². The summed E-state index contributed by atoms with van der Waals surface area (Å²) in [4.78, 5) is 14.9. The maximum absolute atomic E-state index is 12.6. The first-order valence-corrected chi connectivity index (χ1v) is 8.71. The van der Waals surface area contributed by atoms with Crippen LogP contribution in [-0.2, 0) is 4.79 Å². The Morgan fingerprint density at radius 2 is 1.95 bits per heavy atom. The molecule has 1 N–H and O–H groups in total. The predicted molar refractivity (Wildman–Crippen MR) is 81.2 cm³/mol. The van der Waals surface area contributed by atoms with Gasteiger partial charge in [-0.1, -0.05) is 39.5 Å². The van der Waals surface area contributed by atoms with Gasteiger partial charge in [-0.25, -0.2) is 0 Å². The molecule has 1 amide bonds. The normalized spacial score (nSPS) is 29.1. The molecule has 3 rings (SSSR count). The summed E-state index contributed by atoms with van der Waals surface area (Å²) >= 11 is 0. The Morgan fingerprint density at radius 1 is 1.25 bits per heavy atom. The zero-order chi connectivity index (χ0) is 14.2. The molecular weight excluding hydrogens is 248 g/mol. The van der Waals surface area contributed by atoms with Gasteiger partial charge in [0.15, 0.2) is 0 Å². The predicted octanol–water partition coefficient (Wildman–Crippen LogP) is 3.29. The van der Waals surface area contributed by atoms with Gasteiger partial charge in [-0.2, -0.15) is 0 Å². The van der Waals surface area contributed by atoms with Gasteiger partial charge in [0.25, 0.3) is 0 Å². The lowest BCUT2D eigenvalue weighted by Crippen LogP contribution is -2.43. The third kappa shape index (κ3) is 2.74. The summed E-state index contributed by atoms with van der Waals surface area (Å²) in [6.07, 6.45) is 11.5. The molecule has 1 atom stereocenters. The van der Waals surface area contributed by atoms with Gasteiger partial charge in [0.05, 0.1) is 11.7 Å². The quantitative estimate of drug-likeness (QED) is 0.756. The highest BCUT2D eigenvalue weighted by Gasteiger charge is 2.60. The number of nitrogens with one attached hydrogen (secondary N) is 1. The molecule has 0 aromatic carbocycles. The number of amides is 1. The fourth-order valence-corrected chi connectivity index (χ4v) is 4.03. The maximum atomic E-state index is 12.6. The van der Waals surface area contributed by atoms with Crippen LogP contribution in [0.25, 0.3) is 0 Å². The van der Waals surface area contributed by atoms with Crippen molar-refractivity contribution in [2.24, 2.45) is 11.8 Å². The number of carbonyl (C=O) groups is 1. The first kappa shape index (κ1) is 14.4. The number of hydrogen-bond acceptors (Lipinski definition) is 2. The molecule has 0 aromatic rings. The molecule has 1 saturated heterocycles. The lowest BCUT2D eigenvalue weighted by atomic mass is 10.0. The van der Waals surface area contributed by atoms with Crippen LogP contribution < -0.4 is 5.32 Å². The zero-order valence-electron chi connectivity index (χ0n) is 13.2. The molecule has 20 heavy (non-hydrogen) atoms. The zero-order valence-corrected chi connectivity index (χ0v) is 13.2. The second kappa shape index (κ2) is 5.67. The van der Waals surface area contributed by atoms with Gasteiger partial charge < -0.3 is 4.90 Å². The fraction of sp³-hybridized carbons (Fsp3) is 0.941. The van der Waals surface area contributed by atoms with E-state index in [1.165, 1.54) is 44.9 Å². The smallest absolute Gasteiger partial charge is 0.244 e. The Balaban J connectivity index is 1.58. The Morgan fingerprint density at radius 3 is 2.55 bits per heavy atom. The molecule has 1 aliphatic heterocycles. The lowest BCUT2D eigenvalue weighted by Gasteiger charge is -2.29. The van der Waals surface area contributed by atoms with Crippen molar-refractivity contribution < 1.29 is 4.79 Å². The van der Waals surface area contributed by atoms with Crippen LogP contribution in [0.1, 0.15) is 71.6 Å². The molecule has 3 heteroatoms. The standard InChI is InChI=1S/C17H30N2O/c1-13(2)7-5-6-12-19-15(14-8-3-4-9-14)18-17(10-11-17)16(19)20/h13-15,18H,3-12H2,1-2H3. The molecular formula is C17H30N2O. The Labute approximate surface area is 123 Å². The van der Waals surface area contributed by atoms with Gasteiger partial charge in [0.1, 0.15) is 0 Å². The van der Waals surface area contributed by atoms with Gasteiger partial charge in [0.2, 0.25) is 5.91 Å². The molecule has 0 radical (unpaired) electrons. The SMILES string of the molecule is CC(C)CCCCN1C(=O)C2(CC2)NC1C1CCCC1. The number of nitrogens with zero attached hydrogens (tertiary/aromatic N) is 1. The average Bonchev–Trinajstić information content (AvgIpc) is 2.89. The summed E-state index contributed by atoms with van der Waals surface area (Å²) in [5, 5.41) is 3.71. The third-order valence-electron chi connectivity index (χ3n) is 5.46. The van der Waals surface area contributed by atoms with Crippen LogP contribution in [0.2, 0.25) is 0 Å². The molecule has 2 aliphatic carbocycles. The Bertz CT molecular complexity index is 356. The second-order valence-electron chi connectivity index (χ2n) is 7.60. The maximum Gasteiger partial charge on any atom is 0.244 e. The van der Waals surface area contributed by atoms with Crippen molar-refractivity contribution in [2.45, 2.75) is 83.3 Å². The summed E-state index contributed by atoms with van der Waals surface area (Å²) < 4.78 is 0. The van der Waals surface area contributed by atoms with Crippen molar-refractivity contribution in [3.05, 3.63) is 0 Å². The van der Waals surface area contributed by atoms with Crippen molar-refractivity contribution in [1.82, 2.24) is 10.2 Å². The van der Waals surface area contributed by atoms with E-state index in [9.17, 15) is 4.79 Å². The summed E-state index contributed by atoms with van der Waals surface area (Å²) in [6, 6.07) is 0. The first-order valence-electron chi connectivity index (χ1n) is 8.71. The van der Waals surface area contributed by atoms with E-state index in [0.717, 1.165) is 25.3 Å². The molecule has 3 nitrogen and oxygen atoms in total. The summed E-state index contributed by atoms with van der Waals surface area (Å²) in [5.74, 6) is 1.91. The average molecular weight is 278 g/mol. The second-order valence-corrected chi connectivity index (χ2v) is 7.60. The van der Waals surface area contributed by atoms with Crippen LogP contribution in [0.5, 0.6) is 0 Å². The summed E-state index contributed by atoms with van der Waals surface area (Å²) in [6.45, 7) is 5.54. The van der Waals surface area contributed by atoms with E-state index in [-0.39, 0.29) is 5.54 Å². The van der Waals surface area contributed by atoms with Crippen LogP contribution in [0.4, 0.5) is 0 Å². The van der Waals surface area contributed by atoms with E-state index in [1.54, 1.807) is 0 Å². The lowest BCUT2D eigenvalue weighted by molar-refractivity contribution is -0.131. The van der Waals surface area contributed by atoms with Crippen LogP contribution in [0.3, 0.4) is 0 Å². The van der Waals surface area contributed by atoms with Crippen molar-refractivity contribution >= 4 is 5.91 Å². The summed E-state index contributed by atoms with van der Waals surface area (Å²) in [7, 11) is 0. The molecule has 1 heterocycles. The Hall–Kier alpha value is -0.570. The monoisotopic (exact) mass is 278 g/mol. The number of carbonyl (C=O) groups excluding carboxylic acids is 1.